The average molecular weight is 339 g/mol. The Bertz CT molecular complexity index is 688. The molecule has 3 N–H and O–H groups in total. The molecule has 0 bridgehead atoms. The first kappa shape index (κ1) is 18.6. The van der Waals surface area contributed by atoms with Crippen LogP contribution in [0, 0.1) is 11.6 Å². The van der Waals surface area contributed by atoms with Crippen molar-refractivity contribution in [3.05, 3.63) is 40.4 Å². The third kappa shape index (κ3) is 3.22. The van der Waals surface area contributed by atoms with Crippen LogP contribution in [0.2, 0.25) is 0 Å². The van der Waals surface area contributed by atoms with E-state index in [0.29, 0.717) is 5.47 Å². The monoisotopic (exact) mass is 339 g/mol. The minimum Gasteiger partial charge on any atom is -0.477 e. The normalized spacial score (nSPS) is 19.6. The fourth-order valence-electron chi connectivity index (χ4n) is 2.29. The predicted molar refractivity (Wildman–Crippen MR) is 86.4 cm³/mol. The van der Waals surface area contributed by atoms with Crippen LogP contribution < -0.4 is 5.73 Å². The lowest BCUT2D eigenvalue weighted by molar-refractivity contribution is 0.00578. The Morgan fingerprint density at radius 3 is 2.25 bits per heavy atom. The van der Waals surface area contributed by atoms with Gasteiger partial charge in [0.1, 0.15) is 17.2 Å². The number of halogens is 2. The quantitative estimate of drug-likeness (QED) is 0.824. The number of benzene rings is 1. The first-order valence-electron chi connectivity index (χ1n) is 7.47. The van der Waals surface area contributed by atoms with Gasteiger partial charge < -0.3 is 20.1 Å². The molecule has 0 atom stereocenters. The Kier molecular flexibility index (Phi) is 4.85. The Labute approximate surface area is 139 Å². The largest absolute Gasteiger partial charge is 0.491 e. The topological polar surface area (TPSA) is 81.8 Å². The van der Waals surface area contributed by atoms with Gasteiger partial charge in [-0.2, -0.15) is 0 Å². The van der Waals surface area contributed by atoms with Crippen LogP contribution >= 0.6 is 0 Å². The number of hydrogen-bond donors (Lipinski definition) is 2. The summed E-state index contributed by atoms with van der Waals surface area (Å²) in [6, 6.07) is 2.05. The number of rotatable bonds is 4. The fraction of sp³-hybridized carbons (Fsp3) is 0.438. The van der Waals surface area contributed by atoms with Crippen LogP contribution in [0.4, 0.5) is 8.78 Å². The van der Waals surface area contributed by atoms with Gasteiger partial charge >= 0.3 is 13.1 Å². The van der Waals surface area contributed by atoms with Gasteiger partial charge in [0.15, 0.2) is 0 Å². The summed E-state index contributed by atoms with van der Waals surface area (Å²) in [5.41, 5.74) is 3.85. The SMILES string of the molecule is CC1(C)OB(C(=Cc2ccc(F)c(C(=O)O)c2F)CN)OC1(C)C. The standard InChI is InChI=1S/C16H20BF2NO4/c1-15(2)16(3,4)24-17(23-15)10(8-20)7-9-5-6-11(18)12(13(9)19)14(21)22/h5-7H,8,20H2,1-4H3,(H,21,22). The molecule has 0 aliphatic carbocycles. The molecule has 130 valence electrons. The zero-order chi connectivity index (χ0) is 18.3. The van der Waals surface area contributed by atoms with E-state index in [0.717, 1.165) is 12.1 Å². The molecule has 2 rings (SSSR count). The van der Waals surface area contributed by atoms with E-state index >= 15 is 0 Å². The van der Waals surface area contributed by atoms with Crippen LogP contribution in [0.25, 0.3) is 6.08 Å². The highest BCUT2D eigenvalue weighted by molar-refractivity contribution is 6.55. The van der Waals surface area contributed by atoms with Crippen LogP contribution in [0.3, 0.4) is 0 Å². The van der Waals surface area contributed by atoms with Crippen LogP contribution in [0.5, 0.6) is 0 Å². The van der Waals surface area contributed by atoms with Crippen molar-refractivity contribution >= 4 is 19.2 Å². The number of nitrogens with two attached hydrogens (primary N) is 1. The van der Waals surface area contributed by atoms with E-state index in [1.54, 1.807) is 0 Å². The van der Waals surface area contributed by atoms with Crippen LogP contribution in [-0.4, -0.2) is 35.9 Å². The molecule has 0 aromatic heterocycles. The van der Waals surface area contributed by atoms with E-state index in [1.807, 2.05) is 27.7 Å². The van der Waals surface area contributed by atoms with Crippen molar-refractivity contribution in [2.75, 3.05) is 6.54 Å². The third-order valence-corrected chi connectivity index (χ3v) is 4.47. The molecule has 0 radical (unpaired) electrons. The number of aromatic carboxylic acids is 1. The van der Waals surface area contributed by atoms with Crippen molar-refractivity contribution in [2.24, 2.45) is 5.73 Å². The lowest BCUT2D eigenvalue weighted by atomic mass is 9.77. The van der Waals surface area contributed by atoms with Crippen molar-refractivity contribution in [1.82, 2.24) is 0 Å². The maximum atomic E-state index is 14.3. The summed E-state index contributed by atoms with van der Waals surface area (Å²) in [6.07, 6.45) is 1.34. The van der Waals surface area contributed by atoms with Crippen LogP contribution in [0.15, 0.2) is 17.6 Å². The van der Waals surface area contributed by atoms with E-state index in [1.165, 1.54) is 6.08 Å². The van der Waals surface area contributed by atoms with E-state index in [4.69, 9.17) is 20.1 Å². The third-order valence-electron chi connectivity index (χ3n) is 4.47. The second-order valence-electron chi connectivity index (χ2n) is 6.64. The minimum atomic E-state index is -1.68. The molecule has 0 unspecified atom stereocenters. The molecule has 0 saturated carbocycles. The number of carbonyl (C=O) groups is 1. The number of carboxylic acid groups (broad SMARTS) is 1. The maximum absolute atomic E-state index is 14.3. The molecule has 8 heteroatoms. The second kappa shape index (κ2) is 6.27. The van der Waals surface area contributed by atoms with Gasteiger partial charge in [0.05, 0.1) is 11.2 Å². The van der Waals surface area contributed by atoms with Gasteiger partial charge in [-0.15, -0.1) is 0 Å². The summed E-state index contributed by atoms with van der Waals surface area (Å²) in [5, 5.41) is 8.94. The molecule has 1 fully saturated rings. The Morgan fingerprint density at radius 2 is 1.79 bits per heavy atom. The van der Waals surface area contributed by atoms with Gasteiger partial charge in [-0.05, 0) is 45.3 Å². The molecule has 1 aliphatic heterocycles. The lowest BCUT2D eigenvalue weighted by Crippen LogP contribution is -2.41. The molecular formula is C16H20BF2NO4. The summed E-state index contributed by atoms with van der Waals surface area (Å²) < 4.78 is 39.5. The molecule has 1 saturated heterocycles. The first-order chi connectivity index (χ1) is 11.0. The highest BCUT2D eigenvalue weighted by Crippen LogP contribution is 2.38. The molecule has 1 aromatic carbocycles. The van der Waals surface area contributed by atoms with Crippen LogP contribution in [0.1, 0.15) is 43.6 Å². The minimum absolute atomic E-state index is 0.00997. The van der Waals surface area contributed by atoms with Crippen molar-refractivity contribution in [2.45, 2.75) is 38.9 Å². The van der Waals surface area contributed by atoms with Gasteiger partial charge in [-0.3, -0.25) is 0 Å². The zero-order valence-electron chi connectivity index (χ0n) is 14.0. The molecule has 1 aromatic rings. The average Bonchev–Trinajstić information content (AvgIpc) is 2.66. The van der Waals surface area contributed by atoms with Crippen molar-refractivity contribution in [3.8, 4) is 0 Å². The lowest BCUT2D eigenvalue weighted by Gasteiger charge is -2.32. The Morgan fingerprint density at radius 1 is 1.25 bits per heavy atom. The van der Waals surface area contributed by atoms with Gasteiger partial charge in [0, 0.05) is 12.1 Å². The Balaban J connectivity index is 2.43. The van der Waals surface area contributed by atoms with Gasteiger partial charge in [0.2, 0.25) is 0 Å². The Hall–Kier alpha value is -1.77. The highest BCUT2D eigenvalue weighted by atomic mass is 19.1. The molecule has 5 nitrogen and oxygen atoms in total. The summed E-state index contributed by atoms with van der Waals surface area (Å²) in [6.45, 7) is 7.46. The van der Waals surface area contributed by atoms with Gasteiger partial charge in [-0.25, -0.2) is 13.6 Å². The molecule has 0 spiro atoms. The summed E-state index contributed by atoms with van der Waals surface area (Å²) in [7, 11) is -0.794. The smallest absolute Gasteiger partial charge is 0.477 e. The summed E-state index contributed by atoms with van der Waals surface area (Å²) in [4.78, 5) is 11.0. The van der Waals surface area contributed by atoms with Crippen molar-refractivity contribution < 1.29 is 28.0 Å². The van der Waals surface area contributed by atoms with E-state index in [9.17, 15) is 13.6 Å². The predicted octanol–water partition coefficient (Wildman–Crippen LogP) is 2.64. The number of carboxylic acids is 1. The van der Waals surface area contributed by atoms with Crippen molar-refractivity contribution in [3.63, 3.8) is 0 Å². The van der Waals surface area contributed by atoms with Gasteiger partial charge in [0.25, 0.3) is 0 Å². The summed E-state index contributed by atoms with van der Waals surface area (Å²) in [5.74, 6) is -3.97. The van der Waals surface area contributed by atoms with E-state index in [-0.39, 0.29) is 12.1 Å². The molecular weight excluding hydrogens is 319 g/mol. The van der Waals surface area contributed by atoms with E-state index in [2.05, 4.69) is 0 Å². The molecule has 0 amide bonds. The maximum Gasteiger partial charge on any atom is 0.491 e. The zero-order valence-corrected chi connectivity index (χ0v) is 14.0. The molecule has 1 heterocycles. The first-order valence-corrected chi connectivity index (χ1v) is 7.47. The molecule has 24 heavy (non-hydrogen) atoms. The summed E-state index contributed by atoms with van der Waals surface area (Å²) >= 11 is 0. The highest BCUT2D eigenvalue weighted by Gasteiger charge is 2.52. The molecule has 1 aliphatic rings. The van der Waals surface area contributed by atoms with Crippen molar-refractivity contribution in [1.29, 1.82) is 0 Å². The van der Waals surface area contributed by atoms with Gasteiger partial charge in [-0.1, -0.05) is 6.08 Å². The van der Waals surface area contributed by atoms with Crippen LogP contribution in [-0.2, 0) is 9.31 Å². The fourth-order valence-corrected chi connectivity index (χ4v) is 2.29. The second-order valence-corrected chi connectivity index (χ2v) is 6.64. The number of hydrogen-bond acceptors (Lipinski definition) is 4. The van der Waals surface area contributed by atoms with E-state index < -0.39 is 41.5 Å².